The molecule has 0 aromatic carbocycles. The van der Waals surface area contributed by atoms with Crippen LogP contribution in [-0.4, -0.2) is 54.1 Å². The van der Waals surface area contributed by atoms with Crippen LogP contribution in [0.15, 0.2) is 0 Å². The SMILES string of the molecule is CSC(=O)N(CCS(=O)(=O)O)CC(N)=O. The molecule has 15 heavy (non-hydrogen) atoms. The van der Waals surface area contributed by atoms with E-state index in [-0.39, 0.29) is 13.1 Å². The van der Waals surface area contributed by atoms with Crippen LogP contribution >= 0.6 is 11.8 Å². The van der Waals surface area contributed by atoms with E-state index in [1.165, 1.54) is 6.26 Å². The molecule has 0 aliphatic heterocycles. The first-order valence-electron chi connectivity index (χ1n) is 3.82. The lowest BCUT2D eigenvalue weighted by Crippen LogP contribution is -2.39. The molecule has 0 rings (SSSR count). The van der Waals surface area contributed by atoms with Gasteiger partial charge in [0.2, 0.25) is 5.91 Å². The van der Waals surface area contributed by atoms with Gasteiger partial charge in [-0.3, -0.25) is 14.1 Å². The van der Waals surface area contributed by atoms with E-state index >= 15 is 0 Å². The maximum Gasteiger partial charge on any atom is 0.281 e. The van der Waals surface area contributed by atoms with Crippen LogP contribution in [0, 0.1) is 0 Å². The number of thioether (sulfide) groups is 1. The van der Waals surface area contributed by atoms with Crippen molar-refractivity contribution in [3.05, 3.63) is 0 Å². The van der Waals surface area contributed by atoms with Crippen molar-refractivity contribution in [1.29, 1.82) is 0 Å². The van der Waals surface area contributed by atoms with Gasteiger partial charge in [0.05, 0.1) is 5.75 Å². The predicted octanol–water partition coefficient (Wildman–Crippen LogP) is -0.855. The standard InChI is InChI=1S/C6H12N2O5S2/c1-14-6(10)8(4-5(7)9)2-3-15(11,12)13/h2-4H2,1H3,(H2,7,9)(H,11,12,13). The van der Waals surface area contributed by atoms with Crippen LogP contribution in [0.2, 0.25) is 0 Å². The Hall–Kier alpha value is -0.800. The molecule has 0 aliphatic carbocycles. The lowest BCUT2D eigenvalue weighted by molar-refractivity contribution is -0.118. The zero-order valence-electron chi connectivity index (χ0n) is 8.04. The Bertz CT molecular complexity index is 339. The Morgan fingerprint density at radius 1 is 1.47 bits per heavy atom. The highest BCUT2D eigenvalue weighted by Gasteiger charge is 2.17. The number of carbonyl (C=O) groups excluding carboxylic acids is 2. The van der Waals surface area contributed by atoms with Crippen LogP contribution in [0.3, 0.4) is 0 Å². The fraction of sp³-hybridized carbons (Fsp3) is 0.667. The summed E-state index contributed by atoms with van der Waals surface area (Å²) in [5.74, 6) is -1.36. The minimum Gasteiger partial charge on any atom is -0.368 e. The Labute approximate surface area is 91.7 Å². The van der Waals surface area contributed by atoms with E-state index in [0.717, 1.165) is 16.7 Å². The molecule has 0 unspecified atom stereocenters. The highest BCUT2D eigenvalue weighted by molar-refractivity contribution is 8.12. The van der Waals surface area contributed by atoms with Crippen LogP contribution in [0.5, 0.6) is 0 Å². The second kappa shape index (κ2) is 5.93. The summed E-state index contributed by atoms with van der Waals surface area (Å²) in [4.78, 5) is 22.7. The van der Waals surface area contributed by atoms with Gasteiger partial charge in [0.25, 0.3) is 15.4 Å². The summed E-state index contributed by atoms with van der Waals surface area (Å²) < 4.78 is 29.3. The number of nitrogens with two attached hydrogens (primary N) is 1. The zero-order chi connectivity index (χ0) is 12.1. The van der Waals surface area contributed by atoms with E-state index in [9.17, 15) is 18.0 Å². The summed E-state index contributed by atoms with van der Waals surface area (Å²) >= 11 is 0.828. The van der Waals surface area contributed by atoms with Gasteiger partial charge in [0.15, 0.2) is 0 Å². The van der Waals surface area contributed by atoms with Crippen molar-refractivity contribution in [3.63, 3.8) is 0 Å². The smallest absolute Gasteiger partial charge is 0.281 e. The van der Waals surface area contributed by atoms with E-state index in [1.807, 2.05) is 0 Å². The number of nitrogens with zero attached hydrogens (tertiary/aromatic N) is 1. The lowest BCUT2D eigenvalue weighted by atomic mass is 10.5. The summed E-state index contributed by atoms with van der Waals surface area (Å²) in [6.07, 6.45) is 1.49. The van der Waals surface area contributed by atoms with Crippen molar-refractivity contribution in [3.8, 4) is 0 Å². The largest absolute Gasteiger partial charge is 0.368 e. The van der Waals surface area contributed by atoms with Crippen LogP contribution in [0.4, 0.5) is 4.79 Å². The van der Waals surface area contributed by atoms with Gasteiger partial charge in [-0.05, 0) is 6.26 Å². The topological polar surface area (TPSA) is 118 Å². The first kappa shape index (κ1) is 14.2. The van der Waals surface area contributed by atoms with E-state index in [4.69, 9.17) is 10.3 Å². The first-order valence-corrected chi connectivity index (χ1v) is 6.66. The van der Waals surface area contributed by atoms with Gasteiger partial charge < -0.3 is 10.6 Å². The molecule has 0 radical (unpaired) electrons. The summed E-state index contributed by atoms with van der Waals surface area (Å²) in [6.45, 7) is -0.628. The highest BCUT2D eigenvalue weighted by atomic mass is 32.2. The average molecular weight is 256 g/mol. The maximum absolute atomic E-state index is 11.2. The number of carbonyl (C=O) groups is 2. The molecular weight excluding hydrogens is 244 g/mol. The maximum atomic E-state index is 11.2. The van der Waals surface area contributed by atoms with Crippen LogP contribution in [0.1, 0.15) is 0 Å². The fourth-order valence-corrected chi connectivity index (χ4v) is 1.64. The lowest BCUT2D eigenvalue weighted by Gasteiger charge is -2.18. The Balaban J connectivity index is 4.38. The average Bonchev–Trinajstić information content (AvgIpc) is 2.09. The van der Waals surface area contributed by atoms with Gasteiger partial charge in [0, 0.05) is 6.54 Å². The third-order valence-electron chi connectivity index (χ3n) is 1.40. The summed E-state index contributed by atoms with van der Waals surface area (Å²) in [6, 6.07) is 0. The normalized spacial score (nSPS) is 11.1. The van der Waals surface area contributed by atoms with Crippen molar-refractivity contribution in [2.45, 2.75) is 0 Å². The summed E-state index contributed by atoms with van der Waals surface area (Å²) in [5.41, 5.74) is 4.87. The number of rotatable bonds is 5. The molecule has 0 spiro atoms. The Morgan fingerprint density at radius 2 is 2.00 bits per heavy atom. The van der Waals surface area contributed by atoms with Crippen LogP contribution in [-0.2, 0) is 14.9 Å². The third-order valence-corrected chi connectivity index (χ3v) is 2.70. The number of hydrogen-bond donors (Lipinski definition) is 2. The number of hydrogen-bond acceptors (Lipinski definition) is 5. The molecule has 0 aliphatic rings. The molecule has 0 atom stereocenters. The van der Waals surface area contributed by atoms with Crippen LogP contribution < -0.4 is 5.73 Å². The van der Waals surface area contributed by atoms with Crippen molar-refractivity contribution in [1.82, 2.24) is 4.90 Å². The molecule has 0 heterocycles. The monoisotopic (exact) mass is 256 g/mol. The van der Waals surface area contributed by atoms with Gasteiger partial charge >= 0.3 is 0 Å². The van der Waals surface area contributed by atoms with Crippen molar-refractivity contribution < 1.29 is 22.6 Å². The molecule has 0 saturated carbocycles. The van der Waals surface area contributed by atoms with Gasteiger partial charge in [-0.1, -0.05) is 11.8 Å². The van der Waals surface area contributed by atoms with E-state index in [1.54, 1.807) is 0 Å². The highest BCUT2D eigenvalue weighted by Crippen LogP contribution is 2.04. The molecule has 3 N–H and O–H groups in total. The van der Waals surface area contributed by atoms with Crippen molar-refractivity contribution in [2.75, 3.05) is 25.1 Å². The molecule has 9 heteroatoms. The zero-order valence-corrected chi connectivity index (χ0v) is 9.68. The van der Waals surface area contributed by atoms with E-state index in [2.05, 4.69) is 0 Å². The van der Waals surface area contributed by atoms with Crippen LogP contribution in [0.25, 0.3) is 0 Å². The molecule has 2 amide bonds. The Kier molecular flexibility index (Phi) is 5.61. The first-order chi connectivity index (χ1) is 6.76. The van der Waals surface area contributed by atoms with E-state index < -0.39 is 27.0 Å². The molecule has 0 saturated heterocycles. The molecule has 0 aromatic heterocycles. The Morgan fingerprint density at radius 3 is 2.33 bits per heavy atom. The van der Waals surface area contributed by atoms with Gasteiger partial charge in [-0.15, -0.1) is 0 Å². The van der Waals surface area contributed by atoms with Crippen molar-refractivity contribution in [2.24, 2.45) is 5.73 Å². The quantitative estimate of drug-likeness (QED) is 0.618. The molecule has 88 valence electrons. The molecule has 0 fully saturated rings. The number of amides is 2. The van der Waals surface area contributed by atoms with Crippen molar-refractivity contribution >= 4 is 33.0 Å². The van der Waals surface area contributed by atoms with Gasteiger partial charge in [-0.25, -0.2) is 0 Å². The molecule has 0 bridgehead atoms. The molecule has 0 aromatic rings. The summed E-state index contributed by atoms with van der Waals surface area (Å²) in [5, 5.41) is -0.475. The molecular formula is C6H12N2O5S2. The number of primary amides is 1. The summed E-state index contributed by atoms with van der Waals surface area (Å²) in [7, 11) is -4.15. The van der Waals surface area contributed by atoms with E-state index in [0.29, 0.717) is 0 Å². The van der Waals surface area contributed by atoms with Gasteiger partial charge in [0.1, 0.15) is 6.54 Å². The third kappa shape index (κ3) is 7.17. The second-order valence-electron chi connectivity index (χ2n) is 2.64. The predicted molar refractivity (Wildman–Crippen MR) is 56.1 cm³/mol. The second-order valence-corrected chi connectivity index (χ2v) is 4.97. The minimum atomic E-state index is -4.15. The minimum absolute atomic E-state index is 0.262. The van der Waals surface area contributed by atoms with Gasteiger partial charge in [-0.2, -0.15) is 8.42 Å². The fourth-order valence-electron chi connectivity index (χ4n) is 0.778. The molecule has 7 nitrogen and oxygen atoms in total.